The fourth-order valence-corrected chi connectivity index (χ4v) is 2.77. The van der Waals surface area contributed by atoms with E-state index in [-0.39, 0.29) is 5.97 Å². The highest BCUT2D eigenvalue weighted by atomic mass is 32.1. The van der Waals surface area contributed by atoms with Crippen LogP contribution in [-0.4, -0.2) is 23.0 Å². The van der Waals surface area contributed by atoms with Gasteiger partial charge in [-0.05, 0) is 18.2 Å². The van der Waals surface area contributed by atoms with Crippen molar-refractivity contribution >= 4 is 27.5 Å². The summed E-state index contributed by atoms with van der Waals surface area (Å²) in [6.45, 7) is 0. The number of methoxy groups -OCH3 is 1. The van der Waals surface area contributed by atoms with Crippen molar-refractivity contribution in [3.63, 3.8) is 0 Å². The Morgan fingerprint density at radius 2 is 2.21 bits per heavy atom. The maximum atomic E-state index is 11.6. The van der Waals surface area contributed by atoms with Crippen LogP contribution in [0.2, 0.25) is 0 Å². The second-order valence-corrected chi connectivity index (χ2v) is 4.84. The molecule has 0 unspecified atom stereocenters. The Morgan fingerprint density at radius 3 is 2.95 bits per heavy atom. The molecule has 3 heterocycles. The van der Waals surface area contributed by atoms with Gasteiger partial charge in [-0.1, -0.05) is 6.07 Å². The number of rotatable bonds is 2. The zero-order valence-corrected chi connectivity index (χ0v) is 11.0. The van der Waals surface area contributed by atoms with Gasteiger partial charge < -0.3 is 4.74 Å². The third-order valence-electron chi connectivity index (χ3n) is 2.78. The number of hydrogen-bond acceptors (Lipinski definition) is 5. The summed E-state index contributed by atoms with van der Waals surface area (Å²) in [7, 11) is 1.37. The van der Waals surface area contributed by atoms with Gasteiger partial charge in [-0.3, -0.25) is 9.97 Å². The zero-order valence-electron chi connectivity index (χ0n) is 10.2. The summed E-state index contributed by atoms with van der Waals surface area (Å²) in [4.78, 5) is 20.2. The van der Waals surface area contributed by atoms with Crippen LogP contribution in [0, 0.1) is 0 Å². The number of esters is 1. The van der Waals surface area contributed by atoms with Gasteiger partial charge in [0.25, 0.3) is 0 Å². The standard InChI is InChI=1S/C14H10N2O2S/c1-18-14(17)10-8-19-12-6-9(7-16-13(10)12)11-4-2-3-5-15-11/h2-8H,1H3. The molecule has 0 aliphatic rings. The van der Waals surface area contributed by atoms with E-state index < -0.39 is 0 Å². The monoisotopic (exact) mass is 270 g/mol. The summed E-state index contributed by atoms with van der Waals surface area (Å²) in [6, 6.07) is 7.72. The number of thiophene rings is 1. The topological polar surface area (TPSA) is 52.1 Å². The Hall–Kier alpha value is -2.27. The zero-order chi connectivity index (χ0) is 13.2. The van der Waals surface area contributed by atoms with Crippen molar-refractivity contribution in [2.45, 2.75) is 0 Å². The normalized spacial score (nSPS) is 10.6. The molecule has 19 heavy (non-hydrogen) atoms. The second-order valence-electron chi connectivity index (χ2n) is 3.93. The van der Waals surface area contributed by atoms with Crippen LogP contribution in [0.3, 0.4) is 0 Å². The van der Waals surface area contributed by atoms with Gasteiger partial charge in [0.2, 0.25) is 0 Å². The highest BCUT2D eigenvalue weighted by Crippen LogP contribution is 2.28. The van der Waals surface area contributed by atoms with Crippen LogP contribution in [0.1, 0.15) is 10.4 Å². The molecule has 4 nitrogen and oxygen atoms in total. The van der Waals surface area contributed by atoms with E-state index in [4.69, 9.17) is 4.74 Å². The van der Waals surface area contributed by atoms with Gasteiger partial charge in [-0.2, -0.15) is 0 Å². The average molecular weight is 270 g/mol. The third kappa shape index (κ3) is 2.08. The van der Waals surface area contributed by atoms with E-state index in [0.29, 0.717) is 11.1 Å². The summed E-state index contributed by atoms with van der Waals surface area (Å²) in [6.07, 6.45) is 3.47. The number of hydrogen-bond donors (Lipinski definition) is 0. The van der Waals surface area contributed by atoms with Crippen LogP contribution in [-0.2, 0) is 4.74 Å². The molecule has 0 saturated carbocycles. The minimum absolute atomic E-state index is 0.357. The molecule has 0 bridgehead atoms. The maximum Gasteiger partial charge on any atom is 0.340 e. The van der Waals surface area contributed by atoms with E-state index >= 15 is 0 Å². The fraction of sp³-hybridized carbons (Fsp3) is 0.0714. The maximum absolute atomic E-state index is 11.6. The molecule has 0 amide bonds. The van der Waals surface area contributed by atoms with Crippen molar-refractivity contribution in [2.24, 2.45) is 0 Å². The molecule has 0 N–H and O–H groups in total. The number of aromatic nitrogens is 2. The Labute approximate surface area is 113 Å². The van der Waals surface area contributed by atoms with E-state index in [1.165, 1.54) is 18.4 Å². The predicted octanol–water partition coefficient (Wildman–Crippen LogP) is 3.14. The molecular weight excluding hydrogens is 260 g/mol. The van der Waals surface area contributed by atoms with E-state index in [1.807, 2.05) is 24.3 Å². The molecule has 3 aromatic rings. The summed E-state index contributed by atoms with van der Waals surface area (Å²) in [5.41, 5.74) is 2.99. The number of fused-ring (bicyclic) bond motifs is 1. The summed E-state index contributed by atoms with van der Waals surface area (Å²) < 4.78 is 5.68. The first-order valence-electron chi connectivity index (χ1n) is 5.66. The minimum atomic E-state index is -0.357. The van der Waals surface area contributed by atoms with E-state index in [9.17, 15) is 4.79 Å². The lowest BCUT2D eigenvalue weighted by molar-refractivity contribution is 0.0603. The Bertz CT molecular complexity index is 738. The SMILES string of the molecule is COC(=O)c1csc2cc(-c3ccccn3)cnc12. The van der Waals surface area contributed by atoms with Gasteiger partial charge in [-0.25, -0.2) is 4.79 Å². The van der Waals surface area contributed by atoms with Crippen LogP contribution < -0.4 is 0 Å². The fourth-order valence-electron chi connectivity index (χ4n) is 1.84. The highest BCUT2D eigenvalue weighted by molar-refractivity contribution is 7.17. The first kappa shape index (κ1) is 11.8. The van der Waals surface area contributed by atoms with Crippen molar-refractivity contribution in [1.82, 2.24) is 9.97 Å². The molecule has 3 rings (SSSR count). The predicted molar refractivity (Wildman–Crippen MR) is 74.2 cm³/mol. The molecule has 0 radical (unpaired) electrons. The molecule has 3 aromatic heterocycles. The first-order valence-corrected chi connectivity index (χ1v) is 6.54. The van der Waals surface area contributed by atoms with Crippen LogP contribution in [0.5, 0.6) is 0 Å². The Kier molecular flexibility index (Phi) is 2.97. The molecule has 0 saturated heterocycles. The van der Waals surface area contributed by atoms with Crippen LogP contribution in [0.15, 0.2) is 42.0 Å². The third-order valence-corrected chi connectivity index (χ3v) is 3.70. The molecule has 0 aromatic carbocycles. The molecule has 0 spiro atoms. The van der Waals surface area contributed by atoms with Gasteiger partial charge in [0, 0.05) is 23.3 Å². The minimum Gasteiger partial charge on any atom is -0.465 e. The molecule has 0 fully saturated rings. The number of pyridine rings is 2. The number of carbonyl (C=O) groups is 1. The van der Waals surface area contributed by atoms with E-state index in [2.05, 4.69) is 9.97 Å². The smallest absolute Gasteiger partial charge is 0.340 e. The van der Waals surface area contributed by atoms with Gasteiger partial charge in [-0.15, -0.1) is 11.3 Å². The van der Waals surface area contributed by atoms with Crippen LogP contribution >= 0.6 is 11.3 Å². The Morgan fingerprint density at radius 1 is 1.32 bits per heavy atom. The van der Waals surface area contributed by atoms with Crippen molar-refractivity contribution < 1.29 is 9.53 Å². The van der Waals surface area contributed by atoms with E-state index in [1.54, 1.807) is 17.8 Å². The van der Waals surface area contributed by atoms with Gasteiger partial charge in [0.1, 0.15) is 0 Å². The summed E-state index contributed by atoms with van der Waals surface area (Å²) >= 11 is 1.48. The number of ether oxygens (including phenoxy) is 1. The quantitative estimate of drug-likeness (QED) is 0.671. The highest BCUT2D eigenvalue weighted by Gasteiger charge is 2.14. The average Bonchev–Trinajstić information content (AvgIpc) is 2.90. The number of nitrogens with zero attached hydrogens (tertiary/aromatic N) is 2. The second kappa shape index (κ2) is 4.78. The van der Waals surface area contributed by atoms with Gasteiger partial charge in [0.15, 0.2) is 0 Å². The molecule has 0 atom stereocenters. The first-order chi connectivity index (χ1) is 9.29. The van der Waals surface area contributed by atoms with Crippen molar-refractivity contribution in [2.75, 3.05) is 7.11 Å². The van der Waals surface area contributed by atoms with Crippen molar-refractivity contribution in [3.8, 4) is 11.3 Å². The van der Waals surface area contributed by atoms with E-state index in [0.717, 1.165) is 16.0 Å². The van der Waals surface area contributed by atoms with Crippen LogP contribution in [0.4, 0.5) is 0 Å². The molecule has 5 heteroatoms. The lowest BCUT2D eigenvalue weighted by atomic mass is 10.1. The number of carbonyl (C=O) groups excluding carboxylic acids is 1. The molecule has 0 aliphatic heterocycles. The molecular formula is C14H10N2O2S. The van der Waals surface area contributed by atoms with Crippen molar-refractivity contribution in [1.29, 1.82) is 0 Å². The van der Waals surface area contributed by atoms with Crippen molar-refractivity contribution in [3.05, 3.63) is 47.6 Å². The lowest BCUT2D eigenvalue weighted by Gasteiger charge is -2.00. The van der Waals surface area contributed by atoms with Gasteiger partial charge in [0.05, 0.1) is 28.6 Å². The summed E-state index contributed by atoms with van der Waals surface area (Å²) in [5.74, 6) is -0.357. The Balaban J connectivity index is 2.11. The summed E-state index contributed by atoms with van der Waals surface area (Å²) in [5, 5.41) is 1.77. The van der Waals surface area contributed by atoms with Gasteiger partial charge >= 0.3 is 5.97 Å². The molecule has 0 aliphatic carbocycles. The largest absolute Gasteiger partial charge is 0.465 e. The lowest BCUT2D eigenvalue weighted by Crippen LogP contribution is -2.00. The molecule has 94 valence electrons. The van der Waals surface area contributed by atoms with Crippen LogP contribution in [0.25, 0.3) is 21.5 Å².